The van der Waals surface area contributed by atoms with Crippen LogP contribution < -0.4 is 0 Å². The lowest BCUT2D eigenvalue weighted by molar-refractivity contribution is -0.149. The van der Waals surface area contributed by atoms with Gasteiger partial charge < -0.3 is 9.47 Å². The van der Waals surface area contributed by atoms with Crippen LogP contribution in [0.4, 0.5) is 0 Å². The van der Waals surface area contributed by atoms with E-state index in [4.69, 9.17) is 9.47 Å². The Morgan fingerprint density at radius 2 is 1.94 bits per heavy atom. The molecule has 0 atom stereocenters. The van der Waals surface area contributed by atoms with Crippen molar-refractivity contribution in [3.05, 3.63) is 0 Å². The standard InChI is InChI=1S/C11H21NO4/c1-9(2)10(13)8-16-11(14)7-12(3)5-6-15-4/h9H,5-8H2,1-4H3. The Morgan fingerprint density at radius 1 is 1.31 bits per heavy atom. The zero-order chi connectivity index (χ0) is 12.6. The lowest BCUT2D eigenvalue weighted by atomic mass is 10.1. The van der Waals surface area contributed by atoms with E-state index in [1.54, 1.807) is 32.9 Å². The highest BCUT2D eigenvalue weighted by Crippen LogP contribution is 1.95. The molecule has 0 radical (unpaired) electrons. The molecule has 0 spiro atoms. The van der Waals surface area contributed by atoms with Gasteiger partial charge in [0.1, 0.15) is 6.61 Å². The van der Waals surface area contributed by atoms with Gasteiger partial charge in [-0.05, 0) is 7.05 Å². The lowest BCUT2D eigenvalue weighted by Gasteiger charge is -2.14. The first-order valence-electron chi connectivity index (χ1n) is 5.33. The van der Waals surface area contributed by atoms with Crippen LogP contribution in [-0.4, -0.2) is 57.1 Å². The van der Waals surface area contributed by atoms with Crippen LogP contribution in [0.1, 0.15) is 13.8 Å². The minimum Gasteiger partial charge on any atom is -0.457 e. The van der Waals surface area contributed by atoms with Crippen molar-refractivity contribution in [3.63, 3.8) is 0 Å². The zero-order valence-corrected chi connectivity index (χ0v) is 10.5. The number of esters is 1. The van der Waals surface area contributed by atoms with Crippen molar-refractivity contribution in [1.29, 1.82) is 0 Å². The molecule has 16 heavy (non-hydrogen) atoms. The Morgan fingerprint density at radius 3 is 2.44 bits per heavy atom. The number of rotatable bonds is 8. The van der Waals surface area contributed by atoms with Crippen LogP contribution in [0.25, 0.3) is 0 Å². The van der Waals surface area contributed by atoms with Gasteiger partial charge in [0.05, 0.1) is 13.2 Å². The number of carbonyl (C=O) groups excluding carboxylic acids is 2. The Kier molecular flexibility index (Phi) is 7.76. The van der Waals surface area contributed by atoms with Crippen molar-refractivity contribution < 1.29 is 19.1 Å². The molecule has 0 fully saturated rings. The Hall–Kier alpha value is -0.940. The average Bonchev–Trinajstić information content (AvgIpc) is 2.22. The number of hydrogen-bond donors (Lipinski definition) is 0. The van der Waals surface area contributed by atoms with E-state index in [1.165, 1.54) is 0 Å². The number of nitrogens with zero attached hydrogens (tertiary/aromatic N) is 1. The minimum absolute atomic E-state index is 0.0621. The first kappa shape index (κ1) is 15.1. The van der Waals surface area contributed by atoms with E-state index in [1.807, 2.05) is 0 Å². The first-order valence-corrected chi connectivity index (χ1v) is 5.33. The summed E-state index contributed by atoms with van der Waals surface area (Å²) < 4.78 is 9.72. The molecule has 0 aromatic rings. The van der Waals surface area contributed by atoms with Gasteiger partial charge in [-0.25, -0.2) is 0 Å². The summed E-state index contributed by atoms with van der Waals surface area (Å²) in [5.74, 6) is -0.542. The molecule has 0 aromatic carbocycles. The Bertz CT molecular complexity index is 228. The second kappa shape index (κ2) is 8.24. The summed E-state index contributed by atoms with van der Waals surface area (Å²) in [6, 6.07) is 0. The molecular formula is C11H21NO4. The third-order valence-electron chi connectivity index (χ3n) is 2.10. The highest BCUT2D eigenvalue weighted by molar-refractivity contribution is 5.84. The van der Waals surface area contributed by atoms with Gasteiger partial charge in [0.2, 0.25) is 0 Å². The number of hydrogen-bond acceptors (Lipinski definition) is 5. The fraction of sp³-hybridized carbons (Fsp3) is 0.818. The molecule has 0 N–H and O–H groups in total. The van der Waals surface area contributed by atoms with E-state index >= 15 is 0 Å². The molecule has 94 valence electrons. The number of carbonyl (C=O) groups is 2. The Labute approximate surface area is 96.7 Å². The van der Waals surface area contributed by atoms with Crippen LogP contribution in [0, 0.1) is 5.92 Å². The normalized spacial score (nSPS) is 10.9. The highest BCUT2D eigenvalue weighted by atomic mass is 16.5. The quantitative estimate of drug-likeness (QED) is 0.564. The summed E-state index contributed by atoms with van der Waals surface area (Å²) >= 11 is 0. The molecule has 0 aromatic heterocycles. The van der Waals surface area contributed by atoms with Gasteiger partial charge in [0, 0.05) is 19.6 Å². The molecule has 5 nitrogen and oxygen atoms in total. The number of Topliss-reactive ketones (excluding diaryl/α,β-unsaturated/α-hetero) is 1. The summed E-state index contributed by atoms with van der Waals surface area (Å²) in [4.78, 5) is 24.3. The Balaban J connectivity index is 3.69. The maximum absolute atomic E-state index is 11.3. The zero-order valence-electron chi connectivity index (χ0n) is 10.5. The predicted octanol–water partition coefficient (Wildman–Crippen LogP) is 0.333. The molecule has 0 aliphatic carbocycles. The summed E-state index contributed by atoms with van der Waals surface area (Å²) in [5, 5.41) is 0. The van der Waals surface area contributed by atoms with Gasteiger partial charge >= 0.3 is 5.97 Å². The third-order valence-corrected chi connectivity index (χ3v) is 2.10. The number of likely N-dealkylation sites (N-methyl/N-ethyl adjacent to an activating group) is 1. The van der Waals surface area contributed by atoms with E-state index in [0.29, 0.717) is 13.2 Å². The van der Waals surface area contributed by atoms with Gasteiger partial charge in [-0.15, -0.1) is 0 Å². The molecular weight excluding hydrogens is 210 g/mol. The first-order chi connectivity index (χ1) is 7.47. The van der Waals surface area contributed by atoms with Crippen molar-refractivity contribution >= 4 is 11.8 Å². The second-order valence-electron chi connectivity index (χ2n) is 4.01. The van der Waals surface area contributed by atoms with Crippen LogP contribution in [0.15, 0.2) is 0 Å². The van der Waals surface area contributed by atoms with Gasteiger partial charge in [0.15, 0.2) is 5.78 Å². The topological polar surface area (TPSA) is 55.8 Å². The van der Waals surface area contributed by atoms with E-state index < -0.39 is 0 Å². The van der Waals surface area contributed by atoms with Gasteiger partial charge in [-0.3, -0.25) is 14.5 Å². The van der Waals surface area contributed by atoms with Crippen LogP contribution in [0.3, 0.4) is 0 Å². The van der Waals surface area contributed by atoms with Crippen molar-refractivity contribution in [3.8, 4) is 0 Å². The van der Waals surface area contributed by atoms with Crippen molar-refractivity contribution in [2.75, 3.05) is 40.5 Å². The molecule has 0 saturated carbocycles. The molecule has 0 bridgehead atoms. The molecule has 0 saturated heterocycles. The molecule has 0 unspecified atom stereocenters. The maximum atomic E-state index is 11.3. The fourth-order valence-electron chi connectivity index (χ4n) is 0.911. The van der Waals surface area contributed by atoms with Crippen LogP contribution in [0.5, 0.6) is 0 Å². The molecule has 0 amide bonds. The van der Waals surface area contributed by atoms with E-state index in [9.17, 15) is 9.59 Å². The van der Waals surface area contributed by atoms with Gasteiger partial charge in [-0.2, -0.15) is 0 Å². The summed E-state index contributed by atoms with van der Waals surface area (Å²) in [6.45, 7) is 4.82. The average molecular weight is 231 g/mol. The maximum Gasteiger partial charge on any atom is 0.320 e. The van der Waals surface area contributed by atoms with E-state index in [-0.39, 0.29) is 30.8 Å². The van der Waals surface area contributed by atoms with Gasteiger partial charge in [0.25, 0.3) is 0 Å². The molecule has 0 aliphatic rings. The largest absolute Gasteiger partial charge is 0.457 e. The molecule has 0 aliphatic heterocycles. The number of ether oxygens (including phenoxy) is 2. The summed E-state index contributed by atoms with van der Waals surface area (Å²) in [5.41, 5.74) is 0. The second-order valence-corrected chi connectivity index (χ2v) is 4.01. The van der Waals surface area contributed by atoms with E-state index in [2.05, 4.69) is 0 Å². The number of methoxy groups -OCH3 is 1. The van der Waals surface area contributed by atoms with E-state index in [0.717, 1.165) is 0 Å². The third kappa shape index (κ3) is 7.36. The smallest absolute Gasteiger partial charge is 0.320 e. The predicted molar refractivity (Wildman–Crippen MR) is 60.2 cm³/mol. The SMILES string of the molecule is COCCN(C)CC(=O)OCC(=O)C(C)C. The molecule has 0 heterocycles. The van der Waals surface area contributed by atoms with Crippen LogP contribution in [0.2, 0.25) is 0 Å². The minimum atomic E-state index is -0.382. The fourth-order valence-corrected chi connectivity index (χ4v) is 0.911. The summed E-state index contributed by atoms with van der Waals surface area (Å²) in [7, 11) is 3.40. The van der Waals surface area contributed by atoms with Crippen molar-refractivity contribution in [2.24, 2.45) is 5.92 Å². The van der Waals surface area contributed by atoms with Crippen LogP contribution >= 0.6 is 0 Å². The highest BCUT2D eigenvalue weighted by Gasteiger charge is 2.12. The van der Waals surface area contributed by atoms with Crippen molar-refractivity contribution in [2.45, 2.75) is 13.8 Å². The van der Waals surface area contributed by atoms with Gasteiger partial charge in [-0.1, -0.05) is 13.8 Å². The molecule has 5 heteroatoms. The monoisotopic (exact) mass is 231 g/mol. The van der Waals surface area contributed by atoms with Crippen LogP contribution in [-0.2, 0) is 19.1 Å². The summed E-state index contributed by atoms with van der Waals surface area (Å²) in [6.07, 6.45) is 0. The molecule has 0 rings (SSSR count). The lowest BCUT2D eigenvalue weighted by Crippen LogP contribution is -2.31. The van der Waals surface area contributed by atoms with Crippen molar-refractivity contribution in [1.82, 2.24) is 4.90 Å². The number of ketones is 1.